The summed E-state index contributed by atoms with van der Waals surface area (Å²) in [7, 11) is 0. The Hall–Kier alpha value is -6.29. The summed E-state index contributed by atoms with van der Waals surface area (Å²) in [5.74, 6) is 0. The molecule has 10 aromatic rings. The minimum Gasteiger partial charge on any atom is -0.309 e. The van der Waals surface area contributed by atoms with Crippen molar-refractivity contribution in [2.75, 3.05) is 0 Å². The van der Waals surface area contributed by atoms with Crippen molar-refractivity contribution < 1.29 is 0 Å². The van der Waals surface area contributed by atoms with Gasteiger partial charge in [0.2, 0.25) is 0 Å². The monoisotopic (exact) mass is 680 g/mol. The van der Waals surface area contributed by atoms with E-state index in [-0.39, 0.29) is 0 Å². The van der Waals surface area contributed by atoms with Gasteiger partial charge < -0.3 is 4.57 Å². The smallest absolute Gasteiger partial charge is 0.0716 e. The molecule has 0 unspecified atom stereocenters. The van der Waals surface area contributed by atoms with Gasteiger partial charge in [-0.1, -0.05) is 121 Å². The van der Waals surface area contributed by atoms with Crippen LogP contribution < -0.4 is 0 Å². The molecule has 0 spiro atoms. The first-order chi connectivity index (χ1) is 25.8. The molecule has 0 saturated carbocycles. The fourth-order valence-corrected chi connectivity index (χ4v) is 9.70. The summed E-state index contributed by atoms with van der Waals surface area (Å²) >= 11 is 1.90. The van der Waals surface area contributed by atoms with Crippen LogP contribution in [0.3, 0.4) is 0 Å². The Morgan fingerprint density at radius 2 is 1.02 bits per heavy atom. The van der Waals surface area contributed by atoms with Crippen LogP contribution in [-0.2, 0) is 12.8 Å². The van der Waals surface area contributed by atoms with Crippen LogP contribution >= 0.6 is 11.3 Å². The van der Waals surface area contributed by atoms with Crippen molar-refractivity contribution in [2.24, 2.45) is 0 Å². The van der Waals surface area contributed by atoms with Crippen molar-refractivity contribution >= 4 is 53.3 Å². The molecule has 52 heavy (non-hydrogen) atoms. The van der Waals surface area contributed by atoms with Gasteiger partial charge in [0.15, 0.2) is 0 Å². The lowest BCUT2D eigenvalue weighted by atomic mass is 9.87. The summed E-state index contributed by atoms with van der Waals surface area (Å²) < 4.78 is 5.19. The molecule has 2 nitrogen and oxygen atoms in total. The van der Waals surface area contributed by atoms with Crippen molar-refractivity contribution in [2.45, 2.75) is 12.8 Å². The van der Waals surface area contributed by atoms with E-state index in [0.717, 1.165) is 35.4 Å². The number of fused-ring (bicyclic) bond motifs is 3. The minimum atomic E-state index is 0.983. The molecule has 11 rings (SSSR count). The zero-order valence-corrected chi connectivity index (χ0v) is 29.2. The minimum absolute atomic E-state index is 0.983. The Kier molecular flexibility index (Phi) is 6.58. The Balaban J connectivity index is 1.18. The van der Waals surface area contributed by atoms with Crippen molar-refractivity contribution in [3.8, 4) is 50.5 Å². The lowest BCUT2D eigenvalue weighted by Crippen LogP contribution is -2.00. The molecule has 0 amide bonds. The van der Waals surface area contributed by atoms with Crippen LogP contribution in [0.2, 0.25) is 0 Å². The average molecular weight is 681 g/mol. The third-order valence-electron chi connectivity index (χ3n) is 10.8. The number of nitrogens with zero attached hydrogens (tertiary/aromatic N) is 2. The molecule has 244 valence electrons. The number of rotatable bonds is 5. The fourth-order valence-electron chi connectivity index (χ4n) is 8.46. The highest BCUT2D eigenvalue weighted by Crippen LogP contribution is 2.46. The maximum Gasteiger partial charge on any atom is 0.0716 e. The molecule has 0 radical (unpaired) electrons. The van der Waals surface area contributed by atoms with E-state index in [2.05, 4.69) is 174 Å². The first kappa shape index (κ1) is 29.4. The Labute approximate surface area is 305 Å². The number of aromatic nitrogens is 2. The van der Waals surface area contributed by atoms with Gasteiger partial charge in [-0.15, -0.1) is 11.3 Å². The second-order valence-corrected chi connectivity index (χ2v) is 14.9. The number of aryl methyl sites for hydroxylation is 2. The zero-order chi connectivity index (χ0) is 34.2. The van der Waals surface area contributed by atoms with E-state index in [1.165, 1.54) is 81.0 Å². The Bertz CT molecular complexity index is 2930. The second kappa shape index (κ2) is 11.6. The largest absolute Gasteiger partial charge is 0.309 e. The van der Waals surface area contributed by atoms with Gasteiger partial charge in [0.05, 0.1) is 22.4 Å². The number of benzene rings is 7. The number of hydrogen-bond acceptors (Lipinski definition) is 2. The molecule has 0 fully saturated rings. The summed E-state index contributed by atoms with van der Waals surface area (Å²) in [6.45, 7) is 0. The van der Waals surface area contributed by atoms with E-state index in [1.54, 1.807) is 0 Å². The highest BCUT2D eigenvalue weighted by Gasteiger charge is 2.25. The number of para-hydroxylation sites is 1. The lowest BCUT2D eigenvalue weighted by molar-refractivity contribution is 0.970. The van der Waals surface area contributed by atoms with E-state index in [0.29, 0.717) is 0 Å². The summed E-state index contributed by atoms with van der Waals surface area (Å²) in [4.78, 5) is 5.35. The average Bonchev–Trinajstić information content (AvgIpc) is 3.77. The third kappa shape index (κ3) is 4.60. The molecule has 3 heterocycles. The van der Waals surface area contributed by atoms with Crippen LogP contribution in [0.25, 0.3) is 92.4 Å². The van der Waals surface area contributed by atoms with E-state index in [1.807, 2.05) is 11.3 Å². The summed E-state index contributed by atoms with van der Waals surface area (Å²) in [6, 6.07) is 61.9. The zero-order valence-electron chi connectivity index (χ0n) is 28.4. The number of hydrogen-bond donors (Lipinski definition) is 0. The van der Waals surface area contributed by atoms with E-state index >= 15 is 0 Å². The topological polar surface area (TPSA) is 17.8 Å². The van der Waals surface area contributed by atoms with Crippen molar-refractivity contribution in [1.82, 2.24) is 9.55 Å². The first-order valence-corrected chi connectivity index (χ1v) is 18.8. The van der Waals surface area contributed by atoms with Crippen LogP contribution in [0.1, 0.15) is 11.1 Å². The van der Waals surface area contributed by atoms with Crippen LogP contribution in [0.5, 0.6) is 0 Å². The van der Waals surface area contributed by atoms with E-state index in [4.69, 9.17) is 4.98 Å². The summed E-state index contributed by atoms with van der Waals surface area (Å²) in [6.07, 6.45) is 2.00. The maximum atomic E-state index is 5.35. The standard InChI is InChI=1S/C49H32N2S/c1-4-13-31(14-5-1)35-27-42(32-15-6-2-7-16-32)50-43(28-35)37-26-34-24-23-33-25-36(39-20-12-21-41-40-19-10-11-22-46(40)52-49(39)41)29-44-47(33)48(34)45(30-37)51(44)38-17-8-3-9-18-38/h1-22,25-30H,23-24H2. The van der Waals surface area contributed by atoms with Crippen LogP contribution in [-0.4, -0.2) is 9.55 Å². The first-order valence-electron chi connectivity index (χ1n) is 18.0. The predicted molar refractivity (Wildman–Crippen MR) is 221 cm³/mol. The second-order valence-electron chi connectivity index (χ2n) is 13.9. The molecule has 1 aliphatic rings. The fraction of sp³-hybridized carbons (Fsp3) is 0.0408. The van der Waals surface area contributed by atoms with Crippen LogP contribution in [0.4, 0.5) is 0 Å². The van der Waals surface area contributed by atoms with Crippen molar-refractivity contribution in [1.29, 1.82) is 0 Å². The van der Waals surface area contributed by atoms with Gasteiger partial charge in [-0.3, -0.25) is 0 Å². The van der Waals surface area contributed by atoms with E-state index < -0.39 is 0 Å². The lowest BCUT2D eigenvalue weighted by Gasteiger charge is -2.17. The summed E-state index contributed by atoms with van der Waals surface area (Å²) in [5, 5.41) is 5.43. The molecule has 3 heteroatoms. The molecule has 0 atom stereocenters. The summed E-state index contributed by atoms with van der Waals surface area (Å²) in [5.41, 5.74) is 15.7. The number of pyridine rings is 1. The molecular formula is C49H32N2S. The van der Waals surface area contributed by atoms with Gasteiger partial charge in [-0.2, -0.15) is 0 Å². The third-order valence-corrected chi connectivity index (χ3v) is 12.0. The SMILES string of the molecule is c1ccc(-c2cc(-c3ccccc3)nc(-c3cc4c5c6c(cc(-c7cccc8c7sc7ccccc78)cc6n(-c6ccccc6)c5c3)CC4)c2)cc1. The van der Waals surface area contributed by atoms with E-state index in [9.17, 15) is 0 Å². The molecule has 7 aromatic carbocycles. The molecule has 1 aliphatic carbocycles. The van der Waals surface area contributed by atoms with Crippen LogP contribution in [0.15, 0.2) is 170 Å². The molecule has 0 saturated heterocycles. The van der Waals surface area contributed by atoms with Crippen LogP contribution in [0, 0.1) is 0 Å². The van der Waals surface area contributed by atoms with Crippen molar-refractivity contribution in [3.05, 3.63) is 181 Å². The van der Waals surface area contributed by atoms with Gasteiger partial charge in [-0.05, 0) is 94.8 Å². The van der Waals surface area contributed by atoms with Gasteiger partial charge in [0, 0.05) is 47.8 Å². The van der Waals surface area contributed by atoms with Crippen molar-refractivity contribution in [3.63, 3.8) is 0 Å². The van der Waals surface area contributed by atoms with Gasteiger partial charge in [0.25, 0.3) is 0 Å². The van der Waals surface area contributed by atoms with Gasteiger partial charge >= 0.3 is 0 Å². The molecular weight excluding hydrogens is 649 g/mol. The quantitative estimate of drug-likeness (QED) is 0.177. The highest BCUT2D eigenvalue weighted by atomic mass is 32.1. The normalized spacial score (nSPS) is 12.5. The Morgan fingerprint density at radius 1 is 0.442 bits per heavy atom. The Morgan fingerprint density at radius 3 is 1.75 bits per heavy atom. The number of thiophene rings is 1. The molecule has 0 aliphatic heterocycles. The predicted octanol–water partition coefficient (Wildman–Crippen LogP) is 13.3. The molecule has 0 N–H and O–H groups in total. The maximum absolute atomic E-state index is 5.35. The highest BCUT2D eigenvalue weighted by molar-refractivity contribution is 7.26. The van der Waals surface area contributed by atoms with Gasteiger partial charge in [0.1, 0.15) is 0 Å². The molecule has 3 aromatic heterocycles. The van der Waals surface area contributed by atoms with Gasteiger partial charge in [-0.25, -0.2) is 4.98 Å². The molecule has 0 bridgehead atoms.